The van der Waals surface area contributed by atoms with Crippen LogP contribution in [0, 0.1) is 0 Å². The fraction of sp³-hybridized carbons (Fsp3) is 0.200. The lowest BCUT2D eigenvalue weighted by Gasteiger charge is -2.11. The Morgan fingerprint density at radius 1 is 1.16 bits per heavy atom. The summed E-state index contributed by atoms with van der Waals surface area (Å²) < 4.78 is 25.7. The van der Waals surface area contributed by atoms with Gasteiger partial charge in [-0.15, -0.1) is 5.10 Å². The van der Waals surface area contributed by atoms with E-state index in [4.69, 9.17) is 28.0 Å². The minimum Gasteiger partial charge on any atom is -0.390 e. The first-order valence-corrected chi connectivity index (χ1v) is 9.34. The van der Waals surface area contributed by atoms with Crippen molar-refractivity contribution >= 4 is 44.3 Å². The van der Waals surface area contributed by atoms with Crippen molar-refractivity contribution in [2.24, 2.45) is 0 Å². The molecule has 0 spiro atoms. The summed E-state index contributed by atoms with van der Waals surface area (Å²) in [6.45, 7) is 0.124. The number of benzene rings is 2. The van der Waals surface area contributed by atoms with E-state index in [-0.39, 0.29) is 11.5 Å². The predicted octanol–water partition coefficient (Wildman–Crippen LogP) is 2.62. The third-order valence-electron chi connectivity index (χ3n) is 3.52. The Balaban J connectivity index is 1.92. The minimum atomic E-state index is -3.57. The largest absolute Gasteiger partial charge is 0.390 e. The summed E-state index contributed by atoms with van der Waals surface area (Å²) in [5.41, 5.74) is 1.67. The van der Waals surface area contributed by atoms with E-state index in [9.17, 15) is 8.42 Å². The molecule has 0 saturated carbocycles. The van der Waals surface area contributed by atoms with Crippen molar-refractivity contribution in [2.75, 3.05) is 14.1 Å². The Bertz CT molecular complexity index is 1030. The number of rotatable bonds is 5. The van der Waals surface area contributed by atoms with Crippen molar-refractivity contribution in [1.82, 2.24) is 19.5 Å². The molecule has 0 aliphatic carbocycles. The summed E-state index contributed by atoms with van der Waals surface area (Å²) in [6, 6.07) is 9.58. The van der Waals surface area contributed by atoms with Gasteiger partial charge in [-0.1, -0.05) is 34.1 Å². The van der Waals surface area contributed by atoms with Crippen LogP contribution in [-0.2, 0) is 16.6 Å². The number of sulfonamides is 1. The van der Waals surface area contributed by atoms with Crippen molar-refractivity contribution < 1.29 is 13.3 Å². The van der Waals surface area contributed by atoms with E-state index in [1.165, 1.54) is 31.1 Å². The van der Waals surface area contributed by atoms with Gasteiger partial charge < -0.3 is 4.84 Å². The first-order chi connectivity index (χ1) is 11.8. The zero-order valence-corrected chi connectivity index (χ0v) is 15.7. The molecule has 3 aromatic rings. The van der Waals surface area contributed by atoms with Crippen LogP contribution in [0.4, 0.5) is 0 Å². The molecule has 7 nitrogen and oxygen atoms in total. The molecular weight excluding hydrogens is 387 g/mol. The minimum absolute atomic E-state index is 0.124. The maximum atomic E-state index is 12.3. The number of halogens is 2. The molecule has 25 heavy (non-hydrogen) atoms. The highest BCUT2D eigenvalue weighted by Crippen LogP contribution is 2.22. The second-order valence-corrected chi connectivity index (χ2v) is 8.40. The normalized spacial score (nSPS) is 12.0. The molecule has 1 heterocycles. The SMILES string of the molecule is CN(C)S(=O)(=O)c1ccc2nnn(OCc3ccc(Cl)cc3Cl)c2c1. The van der Waals surface area contributed by atoms with Crippen molar-refractivity contribution in [1.29, 1.82) is 0 Å². The second kappa shape index (κ2) is 6.80. The monoisotopic (exact) mass is 400 g/mol. The summed E-state index contributed by atoms with van der Waals surface area (Å²) >= 11 is 12.0. The van der Waals surface area contributed by atoms with E-state index in [1.807, 2.05) is 0 Å². The second-order valence-electron chi connectivity index (χ2n) is 5.41. The van der Waals surface area contributed by atoms with E-state index in [0.29, 0.717) is 26.6 Å². The molecule has 1 aromatic heterocycles. The average Bonchev–Trinajstić information content (AvgIpc) is 2.96. The van der Waals surface area contributed by atoms with Crippen molar-refractivity contribution in [3.63, 3.8) is 0 Å². The first kappa shape index (κ1) is 17.9. The molecule has 132 valence electrons. The van der Waals surface area contributed by atoms with Gasteiger partial charge in [0.05, 0.1) is 4.90 Å². The first-order valence-electron chi connectivity index (χ1n) is 7.14. The van der Waals surface area contributed by atoms with Crippen LogP contribution >= 0.6 is 23.2 Å². The van der Waals surface area contributed by atoms with Crippen LogP contribution in [0.2, 0.25) is 10.0 Å². The highest BCUT2D eigenvalue weighted by Gasteiger charge is 2.19. The lowest BCUT2D eigenvalue weighted by molar-refractivity contribution is 0.0751. The fourth-order valence-electron chi connectivity index (χ4n) is 2.11. The van der Waals surface area contributed by atoms with Crippen LogP contribution < -0.4 is 4.84 Å². The van der Waals surface area contributed by atoms with Gasteiger partial charge >= 0.3 is 0 Å². The molecule has 2 aromatic carbocycles. The topological polar surface area (TPSA) is 77.3 Å². The highest BCUT2D eigenvalue weighted by atomic mass is 35.5. The van der Waals surface area contributed by atoms with Gasteiger partial charge in [0.15, 0.2) is 0 Å². The van der Waals surface area contributed by atoms with E-state index in [1.54, 1.807) is 24.3 Å². The maximum absolute atomic E-state index is 12.3. The van der Waals surface area contributed by atoms with Crippen LogP contribution in [0.5, 0.6) is 0 Å². The number of nitrogens with zero attached hydrogens (tertiary/aromatic N) is 4. The number of hydrogen-bond donors (Lipinski definition) is 0. The maximum Gasteiger partial charge on any atom is 0.242 e. The van der Waals surface area contributed by atoms with Crippen molar-refractivity contribution in [3.05, 3.63) is 52.0 Å². The molecule has 0 aliphatic heterocycles. The summed E-state index contributed by atoms with van der Waals surface area (Å²) in [6.07, 6.45) is 0. The molecular formula is C15H14Cl2N4O3S. The molecule has 0 fully saturated rings. The molecule has 0 N–H and O–H groups in total. The van der Waals surface area contributed by atoms with Crippen LogP contribution in [0.3, 0.4) is 0 Å². The van der Waals surface area contributed by atoms with Gasteiger partial charge in [0.25, 0.3) is 0 Å². The van der Waals surface area contributed by atoms with E-state index < -0.39 is 10.0 Å². The van der Waals surface area contributed by atoms with Gasteiger partial charge in [-0.05, 0) is 35.5 Å². The molecule has 10 heteroatoms. The lowest BCUT2D eigenvalue weighted by Crippen LogP contribution is -2.22. The van der Waals surface area contributed by atoms with Crippen LogP contribution in [0.15, 0.2) is 41.3 Å². The summed E-state index contributed by atoms with van der Waals surface area (Å²) in [7, 11) is -0.636. The molecule has 0 bridgehead atoms. The Morgan fingerprint density at radius 3 is 2.60 bits per heavy atom. The predicted molar refractivity (Wildman–Crippen MR) is 95.1 cm³/mol. The highest BCUT2D eigenvalue weighted by molar-refractivity contribution is 7.89. The van der Waals surface area contributed by atoms with E-state index >= 15 is 0 Å². The Kier molecular flexibility index (Phi) is 4.88. The molecule has 0 saturated heterocycles. The zero-order chi connectivity index (χ0) is 18.2. The van der Waals surface area contributed by atoms with Gasteiger partial charge in [-0.2, -0.15) is 0 Å². The Hall–Kier alpha value is -1.87. The fourth-order valence-corrected chi connectivity index (χ4v) is 3.50. The van der Waals surface area contributed by atoms with Crippen molar-refractivity contribution in [3.8, 4) is 0 Å². The molecule has 0 aliphatic rings. The average molecular weight is 401 g/mol. The van der Waals surface area contributed by atoms with Crippen molar-refractivity contribution in [2.45, 2.75) is 11.5 Å². The zero-order valence-electron chi connectivity index (χ0n) is 13.3. The summed E-state index contributed by atoms with van der Waals surface area (Å²) in [5.74, 6) is 0. The molecule has 0 amide bonds. The lowest BCUT2D eigenvalue weighted by atomic mass is 10.2. The molecule has 0 atom stereocenters. The van der Waals surface area contributed by atoms with Gasteiger partial charge in [-0.3, -0.25) is 0 Å². The molecule has 0 radical (unpaired) electrons. The van der Waals surface area contributed by atoms with Crippen LogP contribution in [0.25, 0.3) is 11.0 Å². The number of hydrogen-bond acceptors (Lipinski definition) is 5. The summed E-state index contributed by atoms with van der Waals surface area (Å²) in [5, 5.41) is 8.85. The third kappa shape index (κ3) is 3.57. The van der Waals surface area contributed by atoms with Gasteiger partial charge in [0.2, 0.25) is 10.0 Å². The van der Waals surface area contributed by atoms with Gasteiger partial charge in [-0.25, -0.2) is 12.7 Å². The van der Waals surface area contributed by atoms with Gasteiger partial charge in [0.1, 0.15) is 17.6 Å². The Labute approximate surface area is 154 Å². The van der Waals surface area contributed by atoms with Crippen LogP contribution in [-0.4, -0.2) is 42.0 Å². The quantitative estimate of drug-likeness (QED) is 0.657. The number of aromatic nitrogens is 3. The van der Waals surface area contributed by atoms with E-state index in [2.05, 4.69) is 10.3 Å². The smallest absolute Gasteiger partial charge is 0.242 e. The number of fused-ring (bicyclic) bond motifs is 1. The van der Waals surface area contributed by atoms with E-state index in [0.717, 1.165) is 4.31 Å². The molecule has 0 unspecified atom stereocenters. The molecule has 3 rings (SSSR count). The third-order valence-corrected chi connectivity index (χ3v) is 5.92. The Morgan fingerprint density at radius 2 is 1.92 bits per heavy atom. The van der Waals surface area contributed by atoms with Crippen LogP contribution in [0.1, 0.15) is 5.56 Å². The van der Waals surface area contributed by atoms with Gasteiger partial charge in [0, 0.05) is 29.7 Å². The standard InChI is InChI=1S/C15H14Cl2N4O3S/c1-20(2)25(22,23)12-5-6-14-15(8-12)21(19-18-14)24-9-10-3-4-11(16)7-13(10)17/h3-8H,9H2,1-2H3. The summed E-state index contributed by atoms with van der Waals surface area (Å²) in [4.78, 5) is 6.90.